The second-order valence-corrected chi connectivity index (χ2v) is 3.38. The molecule has 0 aliphatic carbocycles. The van der Waals surface area contributed by atoms with E-state index >= 15 is 0 Å². The van der Waals surface area contributed by atoms with Crippen molar-refractivity contribution in [1.82, 2.24) is 4.98 Å². The van der Waals surface area contributed by atoms with Crippen molar-refractivity contribution >= 4 is 22.5 Å². The number of halogens is 1. The minimum atomic E-state index is -4.23. The van der Waals surface area contributed by atoms with Crippen molar-refractivity contribution < 1.29 is 17.7 Å². The molecule has 1 aromatic heterocycles. The minimum absolute atomic E-state index is 0. The van der Waals surface area contributed by atoms with Crippen molar-refractivity contribution in [3.8, 4) is 5.88 Å². The second-order valence-electron chi connectivity index (χ2n) is 1.99. The topological polar surface area (TPSA) is 76.5 Å². The second kappa shape index (κ2) is 4.40. The van der Waals surface area contributed by atoms with Crippen LogP contribution < -0.4 is 4.74 Å². The first-order chi connectivity index (χ1) is 5.55. The standard InChI is InChI=1S/C6H7NO4S.ClH/c1-11-6-5(12(8,9)10)3-2-4-7-6;/h2-4H,1H3,(H,8,9,10);1H. The summed E-state index contributed by atoms with van der Waals surface area (Å²) in [7, 11) is -2.96. The highest BCUT2D eigenvalue weighted by Gasteiger charge is 2.15. The van der Waals surface area contributed by atoms with Crippen LogP contribution in [0.5, 0.6) is 5.88 Å². The smallest absolute Gasteiger partial charge is 0.299 e. The van der Waals surface area contributed by atoms with E-state index in [1.54, 1.807) is 0 Å². The third-order valence-electron chi connectivity index (χ3n) is 1.21. The molecule has 5 nitrogen and oxygen atoms in total. The van der Waals surface area contributed by atoms with Crippen LogP contribution in [-0.2, 0) is 10.1 Å². The number of pyridine rings is 1. The molecule has 13 heavy (non-hydrogen) atoms. The van der Waals surface area contributed by atoms with Crippen LogP contribution in [-0.4, -0.2) is 25.1 Å². The first-order valence-corrected chi connectivity index (χ1v) is 4.46. The molecule has 1 N–H and O–H groups in total. The molecule has 0 unspecified atom stereocenters. The van der Waals surface area contributed by atoms with Crippen LogP contribution in [0.1, 0.15) is 0 Å². The van der Waals surface area contributed by atoms with E-state index in [1.807, 2.05) is 0 Å². The van der Waals surface area contributed by atoms with Crippen molar-refractivity contribution in [3.05, 3.63) is 18.3 Å². The Bertz CT molecular complexity index is 378. The van der Waals surface area contributed by atoms with Crippen LogP contribution in [0.15, 0.2) is 23.2 Å². The van der Waals surface area contributed by atoms with Crippen molar-refractivity contribution in [3.63, 3.8) is 0 Å². The molecule has 7 heteroatoms. The van der Waals surface area contributed by atoms with Crippen LogP contribution in [0.2, 0.25) is 0 Å². The van der Waals surface area contributed by atoms with Gasteiger partial charge in [0.15, 0.2) is 4.90 Å². The Morgan fingerprint density at radius 2 is 2.15 bits per heavy atom. The number of nitrogens with zero attached hydrogens (tertiary/aromatic N) is 1. The van der Waals surface area contributed by atoms with Gasteiger partial charge < -0.3 is 4.74 Å². The molecule has 0 aliphatic heterocycles. The largest absolute Gasteiger partial charge is 0.480 e. The molecule has 0 amide bonds. The van der Waals surface area contributed by atoms with Crippen LogP contribution in [0.3, 0.4) is 0 Å². The molecule has 0 saturated heterocycles. The summed E-state index contributed by atoms with van der Waals surface area (Å²) in [6.07, 6.45) is 1.37. The summed E-state index contributed by atoms with van der Waals surface area (Å²) in [5.41, 5.74) is 0. The Balaban J connectivity index is 0.00000144. The molecular formula is C6H8ClNO4S. The van der Waals surface area contributed by atoms with Gasteiger partial charge in [0.25, 0.3) is 10.1 Å². The van der Waals surface area contributed by atoms with Gasteiger partial charge in [-0.1, -0.05) is 0 Å². The molecule has 0 saturated carbocycles. The van der Waals surface area contributed by atoms with E-state index in [1.165, 1.54) is 25.4 Å². The summed E-state index contributed by atoms with van der Waals surface area (Å²) in [6.45, 7) is 0. The number of aromatic nitrogens is 1. The zero-order chi connectivity index (χ0) is 9.19. The molecule has 1 rings (SSSR count). The SMILES string of the molecule is COc1ncccc1S(=O)(=O)O.Cl. The Morgan fingerprint density at radius 3 is 2.54 bits per heavy atom. The van der Waals surface area contributed by atoms with Gasteiger partial charge in [-0.25, -0.2) is 4.98 Å². The fraction of sp³-hybridized carbons (Fsp3) is 0.167. The summed E-state index contributed by atoms with van der Waals surface area (Å²) in [4.78, 5) is 3.28. The van der Waals surface area contributed by atoms with Gasteiger partial charge in [-0.15, -0.1) is 12.4 Å². The van der Waals surface area contributed by atoms with E-state index in [9.17, 15) is 8.42 Å². The number of methoxy groups -OCH3 is 1. The Morgan fingerprint density at radius 1 is 1.54 bits per heavy atom. The highest BCUT2D eigenvalue weighted by molar-refractivity contribution is 7.86. The van der Waals surface area contributed by atoms with Crippen LogP contribution in [0.25, 0.3) is 0 Å². The molecule has 0 radical (unpaired) electrons. The zero-order valence-corrected chi connectivity index (χ0v) is 8.30. The molecule has 74 valence electrons. The van der Waals surface area contributed by atoms with Crippen molar-refractivity contribution in [2.24, 2.45) is 0 Å². The monoisotopic (exact) mass is 225 g/mol. The third-order valence-corrected chi connectivity index (χ3v) is 2.07. The van der Waals surface area contributed by atoms with E-state index < -0.39 is 10.1 Å². The lowest BCUT2D eigenvalue weighted by Gasteiger charge is -2.02. The lowest BCUT2D eigenvalue weighted by Crippen LogP contribution is -2.02. The van der Waals surface area contributed by atoms with E-state index in [0.29, 0.717) is 0 Å². The number of rotatable bonds is 2. The van der Waals surface area contributed by atoms with Crippen LogP contribution in [0.4, 0.5) is 0 Å². The van der Waals surface area contributed by atoms with Crippen molar-refractivity contribution in [2.75, 3.05) is 7.11 Å². The van der Waals surface area contributed by atoms with Crippen LogP contribution >= 0.6 is 12.4 Å². The molecule has 0 aromatic carbocycles. The summed E-state index contributed by atoms with van der Waals surface area (Å²) < 4.78 is 34.6. The summed E-state index contributed by atoms with van der Waals surface area (Å²) in [5, 5.41) is 0. The van der Waals surface area contributed by atoms with Gasteiger partial charge in [0.1, 0.15) is 0 Å². The average molecular weight is 226 g/mol. The Labute approximate surface area is 81.9 Å². The van der Waals surface area contributed by atoms with Gasteiger partial charge in [-0.2, -0.15) is 8.42 Å². The lowest BCUT2D eigenvalue weighted by atomic mass is 10.5. The zero-order valence-electron chi connectivity index (χ0n) is 6.67. The molecule has 1 heterocycles. The minimum Gasteiger partial charge on any atom is -0.480 e. The molecule has 1 aromatic rings. The Kier molecular flexibility index (Phi) is 4.12. The number of hydrogen-bond donors (Lipinski definition) is 1. The van der Waals surface area contributed by atoms with Gasteiger partial charge >= 0.3 is 0 Å². The maximum Gasteiger partial charge on any atom is 0.299 e. The van der Waals surface area contributed by atoms with E-state index in [4.69, 9.17) is 4.55 Å². The predicted octanol–water partition coefficient (Wildman–Crippen LogP) is 0.759. The maximum absolute atomic E-state index is 10.6. The van der Waals surface area contributed by atoms with E-state index in [-0.39, 0.29) is 23.2 Å². The number of ether oxygens (including phenoxy) is 1. The molecule has 0 atom stereocenters. The fourth-order valence-corrected chi connectivity index (χ4v) is 1.33. The summed E-state index contributed by atoms with van der Waals surface area (Å²) in [5.74, 6) is -0.111. The fourth-order valence-electron chi connectivity index (χ4n) is 0.726. The highest BCUT2D eigenvalue weighted by atomic mass is 35.5. The lowest BCUT2D eigenvalue weighted by molar-refractivity contribution is 0.380. The maximum atomic E-state index is 10.6. The number of hydrogen-bond acceptors (Lipinski definition) is 4. The average Bonchev–Trinajstić information content (AvgIpc) is 2.03. The summed E-state index contributed by atoms with van der Waals surface area (Å²) >= 11 is 0. The van der Waals surface area contributed by atoms with Gasteiger partial charge in [0.05, 0.1) is 7.11 Å². The summed E-state index contributed by atoms with van der Waals surface area (Å²) in [6, 6.07) is 2.60. The predicted molar refractivity (Wildman–Crippen MR) is 47.9 cm³/mol. The molecule has 0 bridgehead atoms. The van der Waals surface area contributed by atoms with Gasteiger partial charge in [-0.05, 0) is 12.1 Å². The highest BCUT2D eigenvalue weighted by Crippen LogP contribution is 2.18. The van der Waals surface area contributed by atoms with Crippen molar-refractivity contribution in [2.45, 2.75) is 4.90 Å². The normalized spacial score (nSPS) is 10.3. The Hall–Kier alpha value is -0.850. The van der Waals surface area contributed by atoms with Gasteiger partial charge in [0, 0.05) is 6.20 Å². The molecule has 0 fully saturated rings. The third kappa shape index (κ3) is 2.83. The van der Waals surface area contributed by atoms with E-state index in [2.05, 4.69) is 9.72 Å². The van der Waals surface area contributed by atoms with Crippen molar-refractivity contribution in [1.29, 1.82) is 0 Å². The molecule has 0 aliphatic rings. The van der Waals surface area contributed by atoms with Crippen LogP contribution in [0, 0.1) is 0 Å². The quantitative estimate of drug-likeness (QED) is 0.752. The molecular weight excluding hydrogens is 218 g/mol. The van der Waals surface area contributed by atoms with Gasteiger partial charge in [-0.3, -0.25) is 4.55 Å². The molecule has 0 spiro atoms. The van der Waals surface area contributed by atoms with Gasteiger partial charge in [0.2, 0.25) is 5.88 Å². The first kappa shape index (κ1) is 12.2. The van der Waals surface area contributed by atoms with E-state index in [0.717, 1.165) is 0 Å². The first-order valence-electron chi connectivity index (χ1n) is 3.02.